The molecule has 3 aromatic rings. The van der Waals surface area contributed by atoms with E-state index in [0.29, 0.717) is 30.7 Å². The molecule has 0 saturated heterocycles. The fraction of sp³-hybridized carbons (Fsp3) is 0.278. The molecule has 0 amide bonds. The first-order valence-electron chi connectivity index (χ1n) is 8.06. The molecule has 3 rings (SSSR count). The van der Waals surface area contributed by atoms with Crippen molar-refractivity contribution in [2.45, 2.75) is 24.7 Å². The zero-order valence-corrected chi connectivity index (χ0v) is 15.1. The van der Waals surface area contributed by atoms with Gasteiger partial charge in [0.05, 0.1) is 23.7 Å². The van der Waals surface area contributed by atoms with Gasteiger partial charge in [-0.3, -0.25) is 0 Å². The Labute approximate surface area is 147 Å². The highest BCUT2D eigenvalue weighted by molar-refractivity contribution is 7.89. The summed E-state index contributed by atoms with van der Waals surface area (Å²) in [5, 5.41) is 0. The number of nitrogens with one attached hydrogen (secondary N) is 1. The van der Waals surface area contributed by atoms with Gasteiger partial charge in [0.15, 0.2) is 0 Å². The molecule has 2 heterocycles. The van der Waals surface area contributed by atoms with Crippen LogP contribution in [0.2, 0.25) is 0 Å². The van der Waals surface area contributed by atoms with Crippen molar-refractivity contribution < 1.29 is 13.2 Å². The Kier molecular flexibility index (Phi) is 5.06. The number of imidazole rings is 1. The van der Waals surface area contributed by atoms with Crippen molar-refractivity contribution in [2.24, 2.45) is 0 Å². The van der Waals surface area contributed by atoms with E-state index in [-0.39, 0.29) is 4.90 Å². The SMILES string of the molecule is COc1ccc(S(=O)(=O)NCCCc2ncc3ccccn23)c(C)c1. The van der Waals surface area contributed by atoms with Crippen LogP contribution < -0.4 is 9.46 Å². The van der Waals surface area contributed by atoms with Crippen LogP contribution in [0, 0.1) is 6.92 Å². The fourth-order valence-corrected chi connectivity index (χ4v) is 4.06. The molecule has 7 heteroatoms. The molecule has 25 heavy (non-hydrogen) atoms. The van der Waals surface area contributed by atoms with E-state index in [2.05, 4.69) is 9.71 Å². The van der Waals surface area contributed by atoms with E-state index < -0.39 is 10.0 Å². The molecule has 1 aromatic carbocycles. The number of sulfonamides is 1. The first-order valence-corrected chi connectivity index (χ1v) is 9.55. The maximum atomic E-state index is 12.5. The summed E-state index contributed by atoms with van der Waals surface area (Å²) in [4.78, 5) is 4.67. The maximum Gasteiger partial charge on any atom is 0.240 e. The average Bonchev–Trinajstić information content (AvgIpc) is 3.01. The monoisotopic (exact) mass is 359 g/mol. The van der Waals surface area contributed by atoms with E-state index in [1.54, 1.807) is 32.2 Å². The van der Waals surface area contributed by atoms with Gasteiger partial charge in [-0.15, -0.1) is 0 Å². The van der Waals surface area contributed by atoms with E-state index >= 15 is 0 Å². The fourth-order valence-electron chi connectivity index (χ4n) is 2.77. The Morgan fingerprint density at radius 2 is 2.08 bits per heavy atom. The third-order valence-corrected chi connectivity index (χ3v) is 5.68. The molecule has 0 spiro atoms. The summed E-state index contributed by atoms with van der Waals surface area (Å²) >= 11 is 0. The molecular weight excluding hydrogens is 338 g/mol. The minimum absolute atomic E-state index is 0.277. The molecule has 0 aliphatic rings. The number of aromatic nitrogens is 2. The predicted octanol–water partition coefficient (Wildman–Crippen LogP) is 2.56. The first kappa shape index (κ1) is 17.4. The second kappa shape index (κ2) is 7.25. The number of benzene rings is 1. The van der Waals surface area contributed by atoms with Gasteiger partial charge >= 0.3 is 0 Å². The Balaban J connectivity index is 1.61. The van der Waals surface area contributed by atoms with E-state index in [9.17, 15) is 8.42 Å². The molecule has 0 fully saturated rings. The van der Waals surface area contributed by atoms with E-state index in [1.807, 2.05) is 35.0 Å². The number of pyridine rings is 1. The van der Waals surface area contributed by atoms with E-state index in [1.165, 1.54) is 0 Å². The molecule has 6 nitrogen and oxygen atoms in total. The molecule has 0 bridgehead atoms. The second-order valence-corrected chi connectivity index (χ2v) is 7.54. The Hall–Kier alpha value is -2.38. The summed E-state index contributed by atoms with van der Waals surface area (Å²) in [5.74, 6) is 1.57. The highest BCUT2D eigenvalue weighted by Crippen LogP contribution is 2.20. The second-order valence-electron chi connectivity index (χ2n) is 5.80. The molecule has 132 valence electrons. The zero-order chi connectivity index (χ0) is 17.9. The first-order chi connectivity index (χ1) is 12.0. The molecular formula is C18H21N3O3S. The van der Waals surface area contributed by atoms with Crippen LogP contribution in [0.25, 0.3) is 5.52 Å². The summed E-state index contributed by atoms with van der Waals surface area (Å²) in [6, 6.07) is 10.8. The molecule has 2 aromatic heterocycles. The number of hydrogen-bond donors (Lipinski definition) is 1. The minimum atomic E-state index is -3.53. The summed E-state index contributed by atoms with van der Waals surface area (Å²) in [6.45, 7) is 2.11. The van der Waals surface area contributed by atoms with Gasteiger partial charge in [-0.25, -0.2) is 18.1 Å². The van der Waals surface area contributed by atoms with Gasteiger partial charge in [0.25, 0.3) is 0 Å². The van der Waals surface area contributed by atoms with Crippen molar-refractivity contribution in [2.75, 3.05) is 13.7 Å². The lowest BCUT2D eigenvalue weighted by Crippen LogP contribution is -2.26. The number of rotatable bonds is 7. The highest BCUT2D eigenvalue weighted by Gasteiger charge is 2.16. The number of fused-ring (bicyclic) bond motifs is 1. The lowest BCUT2D eigenvalue weighted by molar-refractivity contribution is 0.414. The molecule has 0 radical (unpaired) electrons. The van der Waals surface area contributed by atoms with Crippen LogP contribution in [0.1, 0.15) is 17.8 Å². The van der Waals surface area contributed by atoms with Crippen molar-refractivity contribution in [3.05, 3.63) is 60.2 Å². The Bertz CT molecular complexity index is 980. The van der Waals surface area contributed by atoms with Crippen molar-refractivity contribution in [1.29, 1.82) is 0 Å². The van der Waals surface area contributed by atoms with Crippen molar-refractivity contribution >= 4 is 15.5 Å². The van der Waals surface area contributed by atoms with Gasteiger partial charge in [-0.05, 0) is 49.2 Å². The lowest BCUT2D eigenvalue weighted by atomic mass is 10.2. The maximum absolute atomic E-state index is 12.5. The summed E-state index contributed by atoms with van der Waals surface area (Å²) in [6.07, 6.45) is 5.15. The van der Waals surface area contributed by atoms with Crippen LogP contribution in [0.15, 0.2) is 53.7 Å². The third-order valence-electron chi connectivity index (χ3n) is 4.06. The number of nitrogens with zero attached hydrogens (tertiary/aromatic N) is 2. The quantitative estimate of drug-likeness (QED) is 0.658. The molecule has 0 aliphatic carbocycles. The van der Waals surface area contributed by atoms with Gasteiger partial charge in [0, 0.05) is 19.2 Å². The minimum Gasteiger partial charge on any atom is -0.497 e. The van der Waals surface area contributed by atoms with Crippen molar-refractivity contribution in [3.63, 3.8) is 0 Å². The number of aryl methyl sites for hydroxylation is 2. The van der Waals surface area contributed by atoms with Gasteiger partial charge in [0.2, 0.25) is 10.0 Å². The smallest absolute Gasteiger partial charge is 0.240 e. The number of methoxy groups -OCH3 is 1. The van der Waals surface area contributed by atoms with Crippen LogP contribution in [-0.4, -0.2) is 31.5 Å². The van der Waals surface area contributed by atoms with E-state index in [0.717, 1.165) is 11.3 Å². The van der Waals surface area contributed by atoms with Crippen LogP contribution in [0.4, 0.5) is 0 Å². The molecule has 0 unspecified atom stereocenters. The molecule has 0 saturated carbocycles. The van der Waals surface area contributed by atoms with Crippen LogP contribution in [-0.2, 0) is 16.4 Å². The van der Waals surface area contributed by atoms with Crippen LogP contribution in [0.3, 0.4) is 0 Å². The average molecular weight is 359 g/mol. The lowest BCUT2D eigenvalue weighted by Gasteiger charge is -2.10. The summed E-state index contributed by atoms with van der Waals surface area (Å²) < 4.78 is 34.7. The third kappa shape index (κ3) is 3.83. The Morgan fingerprint density at radius 3 is 2.84 bits per heavy atom. The van der Waals surface area contributed by atoms with Gasteiger partial charge in [-0.2, -0.15) is 0 Å². The normalized spacial score (nSPS) is 11.8. The number of hydrogen-bond acceptors (Lipinski definition) is 4. The van der Waals surface area contributed by atoms with Gasteiger partial charge < -0.3 is 9.14 Å². The van der Waals surface area contributed by atoms with E-state index in [4.69, 9.17) is 4.74 Å². The van der Waals surface area contributed by atoms with Gasteiger partial charge in [0.1, 0.15) is 11.6 Å². The van der Waals surface area contributed by atoms with Crippen LogP contribution >= 0.6 is 0 Å². The molecule has 0 atom stereocenters. The Morgan fingerprint density at radius 1 is 1.24 bits per heavy atom. The topological polar surface area (TPSA) is 72.7 Å². The highest BCUT2D eigenvalue weighted by atomic mass is 32.2. The zero-order valence-electron chi connectivity index (χ0n) is 14.3. The largest absolute Gasteiger partial charge is 0.497 e. The van der Waals surface area contributed by atoms with Crippen LogP contribution in [0.5, 0.6) is 5.75 Å². The van der Waals surface area contributed by atoms with Crippen molar-refractivity contribution in [1.82, 2.24) is 14.1 Å². The summed E-state index contributed by atoms with van der Waals surface area (Å²) in [5.41, 5.74) is 1.69. The van der Waals surface area contributed by atoms with Gasteiger partial charge in [-0.1, -0.05) is 6.07 Å². The molecule has 1 N–H and O–H groups in total. The number of ether oxygens (including phenoxy) is 1. The molecule has 0 aliphatic heterocycles. The predicted molar refractivity (Wildman–Crippen MR) is 96.4 cm³/mol. The summed E-state index contributed by atoms with van der Waals surface area (Å²) in [7, 11) is -1.98. The van der Waals surface area contributed by atoms with Crippen molar-refractivity contribution in [3.8, 4) is 5.75 Å². The standard InChI is InChI=1S/C18H21N3O3S/c1-14-12-16(24-2)8-9-17(14)25(22,23)20-10-5-7-18-19-13-15-6-3-4-11-21(15)18/h3-4,6,8-9,11-13,20H,5,7,10H2,1-2H3.